The minimum absolute atomic E-state index is 0.0762. The highest BCUT2D eigenvalue weighted by Gasteiger charge is 2.34. The van der Waals surface area contributed by atoms with E-state index in [0.717, 1.165) is 0 Å². The second-order valence-electron chi connectivity index (χ2n) is 2.84. The summed E-state index contributed by atoms with van der Waals surface area (Å²) in [6.45, 7) is 0. The van der Waals surface area contributed by atoms with Crippen molar-refractivity contribution in [2.45, 2.75) is 0 Å². The van der Waals surface area contributed by atoms with Crippen LogP contribution in [0, 0.1) is 5.92 Å². The van der Waals surface area contributed by atoms with Crippen LogP contribution in [0.25, 0.3) is 0 Å². The molecule has 1 rings (SSSR count). The first-order chi connectivity index (χ1) is 7.04. The summed E-state index contributed by atoms with van der Waals surface area (Å²) in [6, 6.07) is 7.47. The third-order valence-corrected chi connectivity index (χ3v) is 1.81. The molecule has 15 heavy (non-hydrogen) atoms. The topological polar surface area (TPSA) is 91.7 Å². The molecular weight excluding hydrogens is 200 g/mol. The Morgan fingerprint density at radius 3 is 1.80 bits per heavy atom. The molecular formula is C10H8O5. The monoisotopic (exact) mass is 208 g/mol. The van der Waals surface area contributed by atoms with E-state index >= 15 is 0 Å². The van der Waals surface area contributed by atoms with Crippen molar-refractivity contribution in [3.63, 3.8) is 0 Å². The van der Waals surface area contributed by atoms with E-state index in [9.17, 15) is 14.4 Å². The van der Waals surface area contributed by atoms with E-state index in [1.807, 2.05) is 0 Å². The second kappa shape index (κ2) is 4.36. The minimum Gasteiger partial charge on any atom is -0.480 e. The highest BCUT2D eigenvalue weighted by Crippen LogP contribution is 2.09. The number of carboxylic acids is 2. The van der Waals surface area contributed by atoms with Gasteiger partial charge in [0.05, 0.1) is 0 Å². The van der Waals surface area contributed by atoms with Crippen molar-refractivity contribution < 1.29 is 24.6 Å². The van der Waals surface area contributed by atoms with Crippen LogP contribution >= 0.6 is 0 Å². The number of hydrogen-bond donors (Lipinski definition) is 2. The molecule has 0 aliphatic carbocycles. The molecule has 2 N–H and O–H groups in total. The van der Waals surface area contributed by atoms with E-state index in [1.54, 1.807) is 6.07 Å². The van der Waals surface area contributed by atoms with E-state index in [0.29, 0.717) is 0 Å². The number of carbonyl (C=O) groups is 3. The Morgan fingerprint density at radius 1 is 0.933 bits per heavy atom. The molecule has 0 radical (unpaired) electrons. The number of Topliss-reactive ketones (excluding diaryl/α,β-unsaturated/α-hetero) is 1. The Morgan fingerprint density at radius 2 is 1.40 bits per heavy atom. The molecule has 0 heterocycles. The molecule has 0 saturated carbocycles. The Hall–Kier alpha value is -2.17. The number of aliphatic carboxylic acids is 2. The third kappa shape index (κ3) is 2.40. The van der Waals surface area contributed by atoms with Crippen molar-refractivity contribution in [2.24, 2.45) is 5.92 Å². The van der Waals surface area contributed by atoms with Gasteiger partial charge in [-0.2, -0.15) is 0 Å². The standard InChI is InChI=1S/C10H8O5/c11-8(6-4-2-1-3-5-6)7(9(12)13)10(14)15/h1-5,7H,(H,12,13)(H,14,15). The van der Waals surface area contributed by atoms with Crippen LogP contribution in [-0.2, 0) is 9.59 Å². The van der Waals surface area contributed by atoms with Crippen LogP contribution in [0.4, 0.5) is 0 Å². The van der Waals surface area contributed by atoms with Gasteiger partial charge in [0, 0.05) is 5.56 Å². The largest absolute Gasteiger partial charge is 0.480 e. The average molecular weight is 208 g/mol. The summed E-state index contributed by atoms with van der Waals surface area (Å²) >= 11 is 0. The summed E-state index contributed by atoms with van der Waals surface area (Å²) in [5.74, 6) is -6.27. The third-order valence-electron chi connectivity index (χ3n) is 1.81. The van der Waals surface area contributed by atoms with Crippen molar-refractivity contribution in [1.29, 1.82) is 0 Å². The zero-order chi connectivity index (χ0) is 11.4. The molecule has 0 amide bonds. The fourth-order valence-electron chi connectivity index (χ4n) is 1.10. The number of carboxylic acid groups (broad SMARTS) is 2. The van der Waals surface area contributed by atoms with Crippen molar-refractivity contribution >= 4 is 17.7 Å². The summed E-state index contributed by atoms with van der Waals surface area (Å²) in [5, 5.41) is 17.1. The predicted octanol–water partition coefficient (Wildman–Crippen LogP) is 0.655. The molecule has 0 saturated heterocycles. The fourth-order valence-corrected chi connectivity index (χ4v) is 1.10. The molecule has 0 unspecified atom stereocenters. The lowest BCUT2D eigenvalue weighted by molar-refractivity contribution is -0.151. The van der Waals surface area contributed by atoms with Gasteiger partial charge in [-0.3, -0.25) is 14.4 Å². The lowest BCUT2D eigenvalue weighted by Gasteiger charge is -2.05. The van der Waals surface area contributed by atoms with Gasteiger partial charge >= 0.3 is 11.9 Å². The molecule has 1 aromatic rings. The average Bonchev–Trinajstić information content (AvgIpc) is 2.18. The van der Waals surface area contributed by atoms with Gasteiger partial charge in [-0.25, -0.2) is 0 Å². The van der Waals surface area contributed by atoms with Crippen LogP contribution in [0.2, 0.25) is 0 Å². The highest BCUT2D eigenvalue weighted by atomic mass is 16.4. The quantitative estimate of drug-likeness (QED) is 0.560. The first kappa shape index (κ1) is 10.9. The molecule has 0 aliphatic heterocycles. The van der Waals surface area contributed by atoms with Crippen molar-refractivity contribution in [3.8, 4) is 0 Å². The predicted molar refractivity (Wildman–Crippen MR) is 49.5 cm³/mol. The van der Waals surface area contributed by atoms with Gasteiger partial charge in [-0.15, -0.1) is 0 Å². The van der Waals surface area contributed by atoms with Crippen LogP contribution in [0.3, 0.4) is 0 Å². The first-order valence-electron chi connectivity index (χ1n) is 4.09. The molecule has 0 aromatic heterocycles. The van der Waals surface area contributed by atoms with Gasteiger partial charge in [0.2, 0.25) is 5.92 Å². The SMILES string of the molecule is O=C(O)C(C(=O)O)C(=O)c1ccccc1. The zero-order valence-electron chi connectivity index (χ0n) is 7.58. The fraction of sp³-hybridized carbons (Fsp3) is 0.100. The maximum absolute atomic E-state index is 11.5. The molecule has 0 bridgehead atoms. The molecule has 0 fully saturated rings. The number of hydrogen-bond acceptors (Lipinski definition) is 3. The van der Waals surface area contributed by atoms with Gasteiger partial charge in [0.25, 0.3) is 0 Å². The Kier molecular flexibility index (Phi) is 3.17. The molecule has 5 heteroatoms. The minimum atomic E-state index is -2.03. The van der Waals surface area contributed by atoms with E-state index in [4.69, 9.17) is 10.2 Å². The molecule has 78 valence electrons. The summed E-state index contributed by atoms with van der Waals surface area (Å²) in [6.07, 6.45) is 0. The smallest absolute Gasteiger partial charge is 0.325 e. The number of benzene rings is 1. The van der Waals surface area contributed by atoms with Gasteiger partial charge in [0.15, 0.2) is 5.78 Å². The summed E-state index contributed by atoms with van der Waals surface area (Å²) < 4.78 is 0. The van der Waals surface area contributed by atoms with Gasteiger partial charge in [-0.05, 0) is 0 Å². The summed E-state index contributed by atoms with van der Waals surface area (Å²) in [7, 11) is 0. The first-order valence-corrected chi connectivity index (χ1v) is 4.09. The number of carbonyl (C=O) groups excluding carboxylic acids is 1. The zero-order valence-corrected chi connectivity index (χ0v) is 7.58. The number of ketones is 1. The van der Waals surface area contributed by atoms with Crippen LogP contribution in [0.5, 0.6) is 0 Å². The van der Waals surface area contributed by atoms with Crippen LogP contribution in [-0.4, -0.2) is 27.9 Å². The Bertz CT molecular complexity index is 382. The van der Waals surface area contributed by atoms with Gasteiger partial charge in [0.1, 0.15) is 0 Å². The molecule has 0 spiro atoms. The van der Waals surface area contributed by atoms with E-state index in [-0.39, 0.29) is 5.56 Å². The number of rotatable bonds is 4. The normalized spacial score (nSPS) is 9.93. The molecule has 1 aromatic carbocycles. The molecule has 0 atom stereocenters. The Balaban J connectivity index is 3.02. The lowest BCUT2D eigenvalue weighted by Crippen LogP contribution is -2.31. The van der Waals surface area contributed by atoms with Crippen molar-refractivity contribution in [3.05, 3.63) is 35.9 Å². The Labute approximate surface area is 85.0 Å². The van der Waals surface area contributed by atoms with Crippen molar-refractivity contribution in [2.75, 3.05) is 0 Å². The van der Waals surface area contributed by atoms with E-state index in [1.165, 1.54) is 24.3 Å². The van der Waals surface area contributed by atoms with Crippen LogP contribution in [0.1, 0.15) is 10.4 Å². The maximum Gasteiger partial charge on any atom is 0.325 e. The van der Waals surface area contributed by atoms with Crippen LogP contribution < -0.4 is 0 Å². The highest BCUT2D eigenvalue weighted by molar-refractivity contribution is 6.19. The van der Waals surface area contributed by atoms with E-state index < -0.39 is 23.6 Å². The van der Waals surface area contributed by atoms with Gasteiger partial charge in [-0.1, -0.05) is 30.3 Å². The van der Waals surface area contributed by atoms with Crippen LogP contribution in [0.15, 0.2) is 30.3 Å². The lowest BCUT2D eigenvalue weighted by atomic mass is 9.98. The molecule has 5 nitrogen and oxygen atoms in total. The van der Waals surface area contributed by atoms with Crippen molar-refractivity contribution in [1.82, 2.24) is 0 Å². The summed E-state index contributed by atoms with van der Waals surface area (Å²) in [5.41, 5.74) is 0.0762. The van der Waals surface area contributed by atoms with E-state index in [2.05, 4.69) is 0 Å². The van der Waals surface area contributed by atoms with Gasteiger partial charge < -0.3 is 10.2 Å². The molecule has 0 aliphatic rings. The summed E-state index contributed by atoms with van der Waals surface area (Å²) in [4.78, 5) is 32.6. The second-order valence-corrected chi connectivity index (χ2v) is 2.84. The maximum atomic E-state index is 11.5.